The molecule has 0 aromatic heterocycles. The van der Waals surface area contributed by atoms with E-state index in [2.05, 4.69) is 199 Å². The molecule has 0 radical (unpaired) electrons. The summed E-state index contributed by atoms with van der Waals surface area (Å²) in [6.45, 7) is 8.02. The van der Waals surface area contributed by atoms with E-state index in [1.807, 2.05) is 12.2 Å². The molecular formula is C47H40N2. The summed E-state index contributed by atoms with van der Waals surface area (Å²) in [7, 11) is 0. The summed E-state index contributed by atoms with van der Waals surface area (Å²) in [6, 6.07) is 49.4. The molecule has 1 aliphatic carbocycles. The fourth-order valence-corrected chi connectivity index (χ4v) is 6.68. The molecule has 1 aliphatic rings. The van der Waals surface area contributed by atoms with E-state index in [1.54, 1.807) is 0 Å². The highest BCUT2D eigenvalue weighted by atomic mass is 15.2. The Bertz CT molecular complexity index is 2210. The lowest BCUT2D eigenvalue weighted by atomic mass is 9.94. The van der Waals surface area contributed by atoms with E-state index in [-0.39, 0.29) is 0 Å². The fraction of sp³-hybridized carbons (Fsp3) is 0.0638. The number of rotatable bonds is 11. The quantitative estimate of drug-likeness (QED) is 0.131. The molecule has 0 saturated heterocycles. The Balaban J connectivity index is 1.16. The molecule has 0 bridgehead atoms. The summed E-state index contributed by atoms with van der Waals surface area (Å²) in [5, 5.41) is 4.88. The van der Waals surface area contributed by atoms with Gasteiger partial charge in [0.2, 0.25) is 0 Å². The average Bonchev–Trinajstić information content (AvgIpc) is 3.16. The fourth-order valence-electron chi connectivity index (χ4n) is 6.68. The molecule has 0 spiro atoms. The maximum atomic E-state index is 4.07. The smallest absolute Gasteiger partial charge is 0.0540 e. The Labute approximate surface area is 290 Å². The number of para-hydroxylation sites is 1. The van der Waals surface area contributed by atoms with Crippen LogP contribution < -0.4 is 9.80 Å². The van der Waals surface area contributed by atoms with Gasteiger partial charge in [-0.25, -0.2) is 0 Å². The van der Waals surface area contributed by atoms with Crippen LogP contribution in [0.4, 0.5) is 22.7 Å². The van der Waals surface area contributed by atoms with Gasteiger partial charge in [0.05, 0.1) is 11.4 Å². The zero-order valence-electron chi connectivity index (χ0n) is 27.7. The summed E-state index contributed by atoms with van der Waals surface area (Å²) in [5.41, 5.74) is 7.91. The number of allylic oxidation sites excluding steroid dienone is 7. The standard InChI is InChI=1S/C47H40N2/c1-3-15-40(48(41-21-6-5-7-22-41)46-26-13-19-38-17-8-10-24-44(38)46)23-12-16-37-30-34-43(35-31-37)49(42-32-28-36(4-2)29-33-42)47-27-14-20-39-18-9-11-25-45(39)47/h3-15,17-30,32-35,37H,1-2,16,31H2/b23-12-,40-15+/t37-/m1/s1. The third-order valence-electron chi connectivity index (χ3n) is 9.12. The van der Waals surface area contributed by atoms with Crippen molar-refractivity contribution in [2.75, 3.05) is 9.80 Å². The van der Waals surface area contributed by atoms with Gasteiger partial charge in [-0.2, -0.15) is 0 Å². The first kappa shape index (κ1) is 31.5. The number of benzene rings is 6. The molecule has 6 aromatic carbocycles. The molecule has 0 saturated carbocycles. The van der Waals surface area contributed by atoms with E-state index < -0.39 is 0 Å². The van der Waals surface area contributed by atoms with Gasteiger partial charge in [0.25, 0.3) is 0 Å². The van der Waals surface area contributed by atoms with Gasteiger partial charge in [0.15, 0.2) is 0 Å². The van der Waals surface area contributed by atoms with Gasteiger partial charge < -0.3 is 9.80 Å². The van der Waals surface area contributed by atoms with Crippen LogP contribution in [0.2, 0.25) is 0 Å². The van der Waals surface area contributed by atoms with E-state index in [0.717, 1.165) is 41.2 Å². The SMILES string of the molecule is C=C/C=C(\C=C/C[C@@H]1C=CC(N(c2ccc(C=C)cc2)c2cccc3ccccc23)=CC1)N(c1ccccc1)c1cccc2ccccc12. The van der Waals surface area contributed by atoms with Crippen molar-refractivity contribution in [2.24, 2.45) is 5.92 Å². The molecular weight excluding hydrogens is 593 g/mol. The molecule has 0 amide bonds. The Hall–Kier alpha value is -6.12. The second-order valence-corrected chi connectivity index (χ2v) is 12.2. The summed E-state index contributed by atoms with van der Waals surface area (Å²) >= 11 is 0. The minimum absolute atomic E-state index is 0.394. The second kappa shape index (κ2) is 14.8. The highest BCUT2D eigenvalue weighted by Crippen LogP contribution is 2.39. The van der Waals surface area contributed by atoms with Gasteiger partial charge in [-0.15, -0.1) is 0 Å². The van der Waals surface area contributed by atoms with Crippen molar-refractivity contribution < 1.29 is 0 Å². The summed E-state index contributed by atoms with van der Waals surface area (Å²) in [4.78, 5) is 4.71. The zero-order valence-corrected chi connectivity index (χ0v) is 27.7. The van der Waals surface area contributed by atoms with Crippen LogP contribution in [0.15, 0.2) is 207 Å². The normalized spacial score (nSPS) is 14.6. The molecule has 6 aromatic rings. The van der Waals surface area contributed by atoms with Crippen LogP contribution in [0.5, 0.6) is 0 Å². The monoisotopic (exact) mass is 632 g/mol. The predicted molar refractivity (Wildman–Crippen MR) is 213 cm³/mol. The van der Waals surface area contributed by atoms with Crippen LogP contribution in [-0.4, -0.2) is 0 Å². The van der Waals surface area contributed by atoms with E-state index in [4.69, 9.17) is 0 Å². The van der Waals surface area contributed by atoms with Gasteiger partial charge in [-0.3, -0.25) is 0 Å². The third kappa shape index (κ3) is 6.81. The number of fused-ring (bicyclic) bond motifs is 2. The number of hydrogen-bond donors (Lipinski definition) is 0. The Morgan fingerprint density at radius 3 is 1.94 bits per heavy atom. The lowest BCUT2D eigenvalue weighted by Crippen LogP contribution is -2.18. The van der Waals surface area contributed by atoms with Crippen molar-refractivity contribution in [3.63, 3.8) is 0 Å². The van der Waals surface area contributed by atoms with Crippen LogP contribution in [0.1, 0.15) is 18.4 Å². The van der Waals surface area contributed by atoms with Crippen molar-refractivity contribution in [3.8, 4) is 0 Å². The minimum Gasteiger partial charge on any atom is -0.310 e. The topological polar surface area (TPSA) is 6.48 Å². The molecule has 0 fully saturated rings. The summed E-state index contributed by atoms with van der Waals surface area (Å²) in [6.07, 6.45) is 19.3. The second-order valence-electron chi connectivity index (χ2n) is 12.2. The van der Waals surface area contributed by atoms with Crippen molar-refractivity contribution in [1.82, 2.24) is 0 Å². The molecule has 0 heterocycles. The highest BCUT2D eigenvalue weighted by molar-refractivity contribution is 5.98. The highest BCUT2D eigenvalue weighted by Gasteiger charge is 2.19. The van der Waals surface area contributed by atoms with E-state index in [1.165, 1.54) is 32.9 Å². The van der Waals surface area contributed by atoms with Gasteiger partial charge in [0.1, 0.15) is 0 Å². The molecule has 7 rings (SSSR count). The van der Waals surface area contributed by atoms with Crippen LogP contribution in [-0.2, 0) is 0 Å². The molecule has 238 valence electrons. The van der Waals surface area contributed by atoms with Gasteiger partial charge in [-0.1, -0.05) is 147 Å². The molecule has 2 heteroatoms. The van der Waals surface area contributed by atoms with E-state index in [0.29, 0.717) is 5.92 Å². The maximum absolute atomic E-state index is 4.07. The Morgan fingerprint density at radius 1 is 0.653 bits per heavy atom. The largest absolute Gasteiger partial charge is 0.310 e. The first-order chi connectivity index (χ1) is 24.2. The lowest BCUT2D eigenvalue weighted by Gasteiger charge is -2.30. The predicted octanol–water partition coefficient (Wildman–Crippen LogP) is 13.1. The first-order valence-electron chi connectivity index (χ1n) is 16.9. The Morgan fingerprint density at radius 2 is 1.29 bits per heavy atom. The van der Waals surface area contributed by atoms with Gasteiger partial charge >= 0.3 is 0 Å². The number of nitrogens with zero attached hydrogens (tertiary/aromatic N) is 2. The molecule has 1 atom stereocenters. The van der Waals surface area contributed by atoms with E-state index in [9.17, 15) is 0 Å². The van der Waals surface area contributed by atoms with Crippen molar-refractivity contribution >= 4 is 50.4 Å². The molecule has 0 aliphatic heterocycles. The van der Waals surface area contributed by atoms with Crippen LogP contribution in [0.25, 0.3) is 27.6 Å². The molecule has 2 nitrogen and oxygen atoms in total. The summed E-state index contributed by atoms with van der Waals surface area (Å²) < 4.78 is 0. The number of hydrogen-bond acceptors (Lipinski definition) is 2. The minimum atomic E-state index is 0.394. The molecule has 0 N–H and O–H groups in total. The maximum Gasteiger partial charge on any atom is 0.0540 e. The van der Waals surface area contributed by atoms with Gasteiger partial charge in [-0.05, 0) is 89.7 Å². The average molecular weight is 633 g/mol. The van der Waals surface area contributed by atoms with E-state index >= 15 is 0 Å². The lowest BCUT2D eigenvalue weighted by molar-refractivity contribution is 0.663. The third-order valence-corrected chi connectivity index (χ3v) is 9.12. The van der Waals surface area contributed by atoms with Crippen molar-refractivity contribution in [3.05, 3.63) is 212 Å². The van der Waals surface area contributed by atoms with Crippen LogP contribution in [0.3, 0.4) is 0 Å². The first-order valence-corrected chi connectivity index (χ1v) is 16.9. The Kier molecular flexibility index (Phi) is 9.48. The molecule has 49 heavy (non-hydrogen) atoms. The van der Waals surface area contributed by atoms with Crippen molar-refractivity contribution in [1.29, 1.82) is 0 Å². The van der Waals surface area contributed by atoms with Gasteiger partial charge in [0, 0.05) is 33.5 Å². The zero-order chi connectivity index (χ0) is 33.4. The van der Waals surface area contributed by atoms with Crippen molar-refractivity contribution in [2.45, 2.75) is 12.8 Å². The number of anilines is 4. The summed E-state index contributed by atoms with van der Waals surface area (Å²) in [5.74, 6) is 0.394. The van der Waals surface area contributed by atoms with Crippen LogP contribution >= 0.6 is 0 Å². The molecule has 0 unspecified atom stereocenters. The van der Waals surface area contributed by atoms with Crippen LogP contribution in [0, 0.1) is 5.92 Å².